The Hall–Kier alpha value is -0.880. The van der Waals surface area contributed by atoms with Crippen LogP contribution in [0.25, 0.3) is 0 Å². The second kappa shape index (κ2) is 6.05. The third kappa shape index (κ3) is 4.31. The molecule has 4 nitrogen and oxygen atoms in total. The van der Waals surface area contributed by atoms with E-state index in [-0.39, 0.29) is 5.75 Å². The summed E-state index contributed by atoms with van der Waals surface area (Å²) in [5.74, 6) is 1.33. The summed E-state index contributed by atoms with van der Waals surface area (Å²) in [5, 5.41) is 0. The van der Waals surface area contributed by atoms with E-state index in [2.05, 4.69) is 0 Å². The molecule has 1 aromatic carbocycles. The molecule has 0 aromatic heterocycles. The molecule has 0 saturated heterocycles. The number of hydrogen-bond acceptors (Lipinski definition) is 5. The predicted octanol–water partition coefficient (Wildman–Crippen LogP) is 2.58. The molecule has 0 unspecified atom stereocenters. The molecule has 1 aromatic rings. The first-order chi connectivity index (χ1) is 8.67. The highest BCUT2D eigenvalue weighted by Crippen LogP contribution is 2.31. The lowest BCUT2D eigenvalue weighted by Crippen LogP contribution is -2.31. The summed E-state index contributed by atoms with van der Waals surface area (Å²) < 4.78 is 28.5. The summed E-state index contributed by atoms with van der Waals surface area (Å²) in [6.45, 7) is 5.16. The van der Waals surface area contributed by atoms with Crippen molar-refractivity contribution >= 4 is 27.3 Å². The van der Waals surface area contributed by atoms with Crippen molar-refractivity contribution in [2.24, 2.45) is 0 Å². The molecule has 19 heavy (non-hydrogen) atoms. The number of hydrogen-bond donors (Lipinski definition) is 1. The average molecular weight is 303 g/mol. The Labute approximate surface area is 119 Å². The maximum Gasteiger partial charge on any atom is 0.156 e. The van der Waals surface area contributed by atoms with Crippen molar-refractivity contribution in [1.82, 2.24) is 0 Å². The second-order valence-electron chi connectivity index (χ2n) is 5.19. The number of rotatable bonds is 5. The summed E-state index contributed by atoms with van der Waals surface area (Å²) >= 11 is 1.46. The smallest absolute Gasteiger partial charge is 0.156 e. The molecule has 0 heterocycles. The van der Waals surface area contributed by atoms with Crippen molar-refractivity contribution in [3.05, 3.63) is 18.2 Å². The van der Waals surface area contributed by atoms with E-state index in [1.54, 1.807) is 40.0 Å². The van der Waals surface area contributed by atoms with Crippen LogP contribution in [0.5, 0.6) is 5.75 Å². The quantitative estimate of drug-likeness (QED) is 0.669. The minimum absolute atomic E-state index is 0.148. The molecule has 108 valence electrons. The lowest BCUT2D eigenvalue weighted by atomic mass is 10.3. The topological polar surface area (TPSA) is 69.4 Å². The Morgan fingerprint density at radius 1 is 1.32 bits per heavy atom. The monoisotopic (exact) mass is 303 g/mol. The lowest BCUT2D eigenvalue weighted by Gasteiger charge is -2.19. The van der Waals surface area contributed by atoms with Crippen molar-refractivity contribution in [3.63, 3.8) is 0 Å². The number of anilines is 1. The fourth-order valence-corrected chi connectivity index (χ4v) is 3.86. The number of sulfone groups is 1. The lowest BCUT2D eigenvalue weighted by molar-refractivity contribution is 0.405. The largest absolute Gasteiger partial charge is 0.496 e. The minimum atomic E-state index is -3.08. The van der Waals surface area contributed by atoms with E-state index in [4.69, 9.17) is 10.5 Å². The second-order valence-corrected chi connectivity index (χ2v) is 9.19. The SMILES string of the molecule is COc1cc(N)ccc1SCCS(=O)(=O)C(C)(C)C. The first-order valence-corrected chi connectivity index (χ1v) is 8.60. The van der Waals surface area contributed by atoms with Crippen LogP contribution in [0.2, 0.25) is 0 Å². The molecule has 1 rings (SSSR count). The van der Waals surface area contributed by atoms with Crippen LogP contribution in [0.3, 0.4) is 0 Å². The Morgan fingerprint density at radius 3 is 2.47 bits per heavy atom. The third-order valence-corrected chi connectivity index (χ3v) is 6.65. The van der Waals surface area contributed by atoms with Crippen LogP contribution in [0, 0.1) is 0 Å². The molecule has 0 amide bonds. The third-order valence-electron chi connectivity index (χ3n) is 2.73. The van der Waals surface area contributed by atoms with Gasteiger partial charge in [-0.15, -0.1) is 11.8 Å². The summed E-state index contributed by atoms with van der Waals surface area (Å²) in [5.41, 5.74) is 6.30. The number of methoxy groups -OCH3 is 1. The number of nitrogens with two attached hydrogens (primary N) is 1. The van der Waals surface area contributed by atoms with Crippen LogP contribution < -0.4 is 10.5 Å². The normalized spacial score (nSPS) is 12.4. The van der Waals surface area contributed by atoms with E-state index in [1.165, 1.54) is 11.8 Å². The van der Waals surface area contributed by atoms with Gasteiger partial charge in [0, 0.05) is 22.4 Å². The standard InChI is InChI=1S/C13H21NO3S2/c1-13(2,3)19(15,16)8-7-18-12-6-5-10(14)9-11(12)17-4/h5-6,9H,7-8,14H2,1-4H3. The van der Waals surface area contributed by atoms with Gasteiger partial charge in [-0.3, -0.25) is 0 Å². The highest BCUT2D eigenvalue weighted by atomic mass is 32.2. The molecule has 2 N–H and O–H groups in total. The van der Waals surface area contributed by atoms with Crippen LogP contribution >= 0.6 is 11.8 Å². The Bertz CT molecular complexity index is 533. The minimum Gasteiger partial charge on any atom is -0.496 e. The van der Waals surface area contributed by atoms with Crippen molar-refractivity contribution in [2.75, 3.05) is 24.3 Å². The summed E-state index contributed by atoms with van der Waals surface area (Å²) in [7, 11) is -1.51. The Kier molecular flexibility index (Phi) is 5.15. The first kappa shape index (κ1) is 16.2. The van der Waals surface area contributed by atoms with Gasteiger partial charge in [-0.05, 0) is 32.9 Å². The van der Waals surface area contributed by atoms with Crippen molar-refractivity contribution in [2.45, 2.75) is 30.4 Å². The van der Waals surface area contributed by atoms with Crippen LogP contribution in [0.15, 0.2) is 23.1 Å². The van der Waals surface area contributed by atoms with Crippen LogP contribution in [0.4, 0.5) is 5.69 Å². The van der Waals surface area contributed by atoms with Gasteiger partial charge in [0.1, 0.15) is 5.75 Å². The maximum absolute atomic E-state index is 12.0. The van der Waals surface area contributed by atoms with Gasteiger partial charge < -0.3 is 10.5 Å². The maximum atomic E-state index is 12.0. The van der Waals surface area contributed by atoms with E-state index in [0.29, 0.717) is 17.2 Å². The van der Waals surface area contributed by atoms with Crippen LogP contribution in [-0.2, 0) is 9.84 Å². The number of benzene rings is 1. The Morgan fingerprint density at radius 2 is 1.95 bits per heavy atom. The molecule has 0 spiro atoms. The van der Waals surface area contributed by atoms with Gasteiger partial charge in [0.2, 0.25) is 0 Å². The molecule has 0 fully saturated rings. The van der Waals surface area contributed by atoms with Crippen molar-refractivity contribution in [1.29, 1.82) is 0 Å². The number of nitrogen functional groups attached to an aromatic ring is 1. The van der Waals surface area contributed by atoms with E-state index in [1.807, 2.05) is 6.07 Å². The molecule has 6 heteroatoms. The van der Waals surface area contributed by atoms with Gasteiger partial charge in [0.05, 0.1) is 17.6 Å². The molecule has 0 aliphatic rings. The molecule has 0 atom stereocenters. The van der Waals surface area contributed by atoms with Gasteiger partial charge in [0.15, 0.2) is 9.84 Å². The zero-order chi connectivity index (χ0) is 14.7. The highest BCUT2D eigenvalue weighted by Gasteiger charge is 2.28. The molecule has 0 radical (unpaired) electrons. The summed E-state index contributed by atoms with van der Waals surface area (Å²) in [6.07, 6.45) is 0. The fourth-order valence-electron chi connectivity index (χ4n) is 1.37. The number of ether oxygens (including phenoxy) is 1. The zero-order valence-electron chi connectivity index (χ0n) is 11.8. The van der Waals surface area contributed by atoms with Gasteiger partial charge in [-0.2, -0.15) is 0 Å². The predicted molar refractivity (Wildman–Crippen MR) is 81.7 cm³/mol. The van der Waals surface area contributed by atoms with Gasteiger partial charge >= 0.3 is 0 Å². The van der Waals surface area contributed by atoms with E-state index >= 15 is 0 Å². The molecule has 0 aliphatic heterocycles. The Balaban J connectivity index is 2.69. The van der Waals surface area contributed by atoms with E-state index < -0.39 is 14.6 Å². The molecular formula is C13H21NO3S2. The zero-order valence-corrected chi connectivity index (χ0v) is 13.4. The molecule has 0 aliphatic carbocycles. The van der Waals surface area contributed by atoms with Crippen LogP contribution in [0.1, 0.15) is 20.8 Å². The first-order valence-electron chi connectivity index (χ1n) is 5.96. The van der Waals surface area contributed by atoms with E-state index in [9.17, 15) is 8.42 Å². The van der Waals surface area contributed by atoms with Gasteiger partial charge in [-0.1, -0.05) is 0 Å². The molecule has 0 bridgehead atoms. The van der Waals surface area contributed by atoms with Crippen LogP contribution in [-0.4, -0.2) is 31.8 Å². The molecular weight excluding hydrogens is 282 g/mol. The fraction of sp³-hybridized carbons (Fsp3) is 0.538. The average Bonchev–Trinajstić information content (AvgIpc) is 2.29. The van der Waals surface area contributed by atoms with Gasteiger partial charge in [-0.25, -0.2) is 8.42 Å². The van der Waals surface area contributed by atoms with Gasteiger partial charge in [0.25, 0.3) is 0 Å². The van der Waals surface area contributed by atoms with Crippen molar-refractivity contribution in [3.8, 4) is 5.75 Å². The summed E-state index contributed by atoms with van der Waals surface area (Å²) in [4.78, 5) is 0.904. The summed E-state index contributed by atoms with van der Waals surface area (Å²) in [6, 6.07) is 5.37. The molecule has 0 saturated carbocycles. The van der Waals surface area contributed by atoms with Crippen molar-refractivity contribution < 1.29 is 13.2 Å². The van der Waals surface area contributed by atoms with E-state index in [0.717, 1.165) is 4.90 Å². The highest BCUT2D eigenvalue weighted by molar-refractivity contribution is 8.01. The number of thioether (sulfide) groups is 1.